The molecule has 1 aliphatic carbocycles. The molecule has 0 aliphatic heterocycles. The van der Waals surface area contributed by atoms with Crippen LogP contribution in [-0.2, 0) is 25.7 Å². The number of hydrogen-bond acceptors (Lipinski definition) is 5. The van der Waals surface area contributed by atoms with Gasteiger partial charge in [0.15, 0.2) is 0 Å². The molecule has 3 N–H and O–H groups in total. The second kappa shape index (κ2) is 9.94. The van der Waals surface area contributed by atoms with Gasteiger partial charge in [-0.2, -0.15) is 0 Å². The third-order valence-corrected chi connectivity index (χ3v) is 7.16. The molecule has 0 amide bonds. The molecule has 5 heteroatoms. The zero-order chi connectivity index (χ0) is 26.1. The van der Waals surface area contributed by atoms with E-state index in [2.05, 4.69) is 4.98 Å². The van der Waals surface area contributed by atoms with Crippen LogP contribution in [0.4, 0.5) is 0 Å². The highest BCUT2D eigenvalue weighted by atomic mass is 16.5. The Morgan fingerprint density at radius 1 is 0.447 bits per heavy atom. The lowest BCUT2D eigenvalue weighted by molar-refractivity contribution is 0.447. The smallest absolute Gasteiger partial charge is 0.219 e. The summed E-state index contributed by atoms with van der Waals surface area (Å²) in [6.45, 7) is 0. The largest absolute Gasteiger partial charge is 0.507 e. The average molecular weight is 502 g/mol. The number of ether oxygens (including phenoxy) is 1. The molecular formula is C33H27NO4. The second-order valence-corrected chi connectivity index (χ2v) is 9.66. The van der Waals surface area contributed by atoms with Crippen LogP contribution in [0.2, 0.25) is 0 Å². The number of phenolic OH excluding ortho intramolecular Hbond substituents is 3. The molecule has 0 saturated carbocycles. The molecule has 188 valence electrons. The topological polar surface area (TPSA) is 82.8 Å². The van der Waals surface area contributed by atoms with E-state index in [1.807, 2.05) is 91.0 Å². The summed E-state index contributed by atoms with van der Waals surface area (Å²) >= 11 is 0. The van der Waals surface area contributed by atoms with Crippen LogP contribution in [0.5, 0.6) is 28.9 Å². The molecular weight excluding hydrogens is 474 g/mol. The lowest BCUT2D eigenvalue weighted by atomic mass is 9.91. The highest BCUT2D eigenvalue weighted by Gasteiger charge is 2.19. The fourth-order valence-electron chi connectivity index (χ4n) is 5.17. The zero-order valence-corrected chi connectivity index (χ0v) is 20.8. The fourth-order valence-corrected chi connectivity index (χ4v) is 5.17. The van der Waals surface area contributed by atoms with Gasteiger partial charge in [0.05, 0.1) is 0 Å². The Hall–Kier alpha value is -4.77. The Morgan fingerprint density at radius 3 is 1.18 bits per heavy atom. The number of fused-ring (bicyclic) bond motifs is 8. The molecule has 1 heterocycles. The molecule has 1 aromatic heterocycles. The van der Waals surface area contributed by atoms with Crippen LogP contribution >= 0.6 is 0 Å². The molecule has 0 spiro atoms. The van der Waals surface area contributed by atoms with Crippen LogP contribution in [0, 0.1) is 0 Å². The van der Waals surface area contributed by atoms with E-state index in [1.165, 1.54) is 0 Å². The van der Waals surface area contributed by atoms with Gasteiger partial charge in [0.1, 0.15) is 23.0 Å². The predicted molar refractivity (Wildman–Crippen MR) is 146 cm³/mol. The van der Waals surface area contributed by atoms with E-state index in [1.54, 1.807) is 6.20 Å². The minimum absolute atomic E-state index is 0.186. The highest BCUT2D eigenvalue weighted by Crippen LogP contribution is 2.38. The molecule has 0 atom stereocenters. The maximum Gasteiger partial charge on any atom is 0.219 e. The summed E-state index contributed by atoms with van der Waals surface area (Å²) in [4.78, 5) is 4.36. The lowest BCUT2D eigenvalue weighted by Gasteiger charge is -2.19. The Labute approximate surface area is 221 Å². The number of pyridine rings is 1. The van der Waals surface area contributed by atoms with E-state index in [0.29, 0.717) is 37.3 Å². The number of hydrogen-bond donors (Lipinski definition) is 3. The molecule has 0 fully saturated rings. The van der Waals surface area contributed by atoms with Gasteiger partial charge in [-0.15, -0.1) is 0 Å². The maximum atomic E-state index is 11.3. The number of aromatic hydroxyl groups is 3. The first-order valence-corrected chi connectivity index (χ1v) is 12.7. The molecule has 0 unspecified atom stereocenters. The predicted octanol–water partition coefficient (Wildman–Crippen LogP) is 6.67. The first-order chi connectivity index (χ1) is 18.6. The van der Waals surface area contributed by atoms with Crippen molar-refractivity contribution >= 4 is 0 Å². The van der Waals surface area contributed by atoms with Crippen molar-refractivity contribution in [3.05, 3.63) is 142 Å². The van der Waals surface area contributed by atoms with Crippen molar-refractivity contribution in [3.63, 3.8) is 0 Å². The van der Waals surface area contributed by atoms with E-state index in [-0.39, 0.29) is 17.2 Å². The number of phenols is 3. The van der Waals surface area contributed by atoms with Crippen LogP contribution in [0.25, 0.3) is 0 Å². The van der Waals surface area contributed by atoms with Crippen molar-refractivity contribution in [1.82, 2.24) is 4.98 Å². The summed E-state index contributed by atoms with van der Waals surface area (Å²) in [5, 5.41) is 33.6. The van der Waals surface area contributed by atoms with Crippen LogP contribution in [0.3, 0.4) is 0 Å². The molecule has 0 radical (unpaired) electrons. The third-order valence-electron chi connectivity index (χ3n) is 7.16. The highest BCUT2D eigenvalue weighted by molar-refractivity contribution is 5.55. The second-order valence-electron chi connectivity index (χ2n) is 9.66. The van der Waals surface area contributed by atoms with Gasteiger partial charge in [-0.25, -0.2) is 4.98 Å². The Morgan fingerprint density at radius 2 is 0.816 bits per heavy atom. The SMILES string of the molecule is Oc1c2cccc1Cc1cccc(c1O)Cc1cccc(c1Oc1ccccn1)Cc1cccc(c1O)C2. The summed E-state index contributed by atoms with van der Waals surface area (Å²) in [7, 11) is 0. The van der Waals surface area contributed by atoms with Crippen molar-refractivity contribution in [2.45, 2.75) is 25.7 Å². The molecule has 1 aliphatic rings. The third kappa shape index (κ3) is 4.55. The number of benzene rings is 4. The van der Waals surface area contributed by atoms with Crippen LogP contribution in [-0.4, -0.2) is 20.3 Å². The first kappa shape index (κ1) is 23.6. The van der Waals surface area contributed by atoms with E-state index in [0.717, 1.165) is 44.5 Å². The molecule has 6 rings (SSSR count). The molecule has 38 heavy (non-hydrogen) atoms. The summed E-state index contributed by atoms with van der Waals surface area (Å²) in [6, 6.07) is 28.5. The number of rotatable bonds is 2. The van der Waals surface area contributed by atoms with Crippen molar-refractivity contribution in [1.29, 1.82) is 0 Å². The van der Waals surface area contributed by atoms with E-state index >= 15 is 0 Å². The quantitative estimate of drug-likeness (QED) is 0.247. The van der Waals surface area contributed by atoms with E-state index in [9.17, 15) is 15.3 Å². The monoisotopic (exact) mass is 501 g/mol. The van der Waals surface area contributed by atoms with Crippen LogP contribution in [0.15, 0.2) is 97.2 Å². The van der Waals surface area contributed by atoms with Crippen molar-refractivity contribution in [3.8, 4) is 28.9 Å². The van der Waals surface area contributed by atoms with E-state index in [4.69, 9.17) is 4.74 Å². The fraction of sp³-hybridized carbons (Fsp3) is 0.121. The van der Waals surface area contributed by atoms with Gasteiger partial charge in [-0.05, 0) is 50.6 Å². The number of nitrogens with zero attached hydrogens (tertiary/aromatic N) is 1. The van der Waals surface area contributed by atoms with Gasteiger partial charge >= 0.3 is 0 Å². The average Bonchev–Trinajstić information content (AvgIpc) is 2.92. The summed E-state index contributed by atoms with van der Waals surface area (Å²) in [5.74, 6) is 1.74. The zero-order valence-electron chi connectivity index (χ0n) is 20.8. The van der Waals surface area contributed by atoms with Crippen molar-refractivity contribution in [2.24, 2.45) is 0 Å². The molecule has 0 saturated heterocycles. The Balaban J connectivity index is 1.55. The Bertz CT molecular complexity index is 1530. The van der Waals surface area contributed by atoms with Gasteiger partial charge in [0.25, 0.3) is 0 Å². The van der Waals surface area contributed by atoms with Gasteiger partial charge in [0.2, 0.25) is 5.88 Å². The summed E-state index contributed by atoms with van der Waals surface area (Å²) < 4.78 is 6.35. The minimum atomic E-state index is 0.186. The normalized spacial score (nSPS) is 12.6. The maximum absolute atomic E-state index is 11.3. The van der Waals surface area contributed by atoms with Crippen molar-refractivity contribution < 1.29 is 20.1 Å². The molecule has 4 aromatic carbocycles. The van der Waals surface area contributed by atoms with E-state index < -0.39 is 0 Å². The summed E-state index contributed by atoms with van der Waals surface area (Å²) in [6.07, 6.45) is 3.32. The standard InChI is InChI=1S/C33H27NO4/c35-30-21-7-3-8-22(30)18-24-10-5-12-26(32(24)37)20-28-14-6-13-27(33(28)38-29-15-1-2-16-34-29)19-25-11-4-9-23(17-21)31(25)36/h1-16,35-37H,17-20H2. The van der Waals surface area contributed by atoms with Crippen molar-refractivity contribution in [2.75, 3.05) is 0 Å². The van der Waals surface area contributed by atoms with Gasteiger partial charge in [0, 0.05) is 37.9 Å². The molecule has 5 nitrogen and oxygen atoms in total. The molecule has 8 bridgehead atoms. The number of para-hydroxylation sites is 4. The number of aromatic nitrogens is 1. The first-order valence-electron chi connectivity index (χ1n) is 12.7. The minimum Gasteiger partial charge on any atom is -0.507 e. The van der Waals surface area contributed by atoms with Gasteiger partial charge in [-0.3, -0.25) is 0 Å². The lowest BCUT2D eigenvalue weighted by Crippen LogP contribution is -2.03. The van der Waals surface area contributed by atoms with Crippen LogP contribution in [0.1, 0.15) is 44.5 Å². The molecule has 5 aromatic rings. The van der Waals surface area contributed by atoms with Crippen LogP contribution < -0.4 is 4.74 Å². The van der Waals surface area contributed by atoms with Gasteiger partial charge < -0.3 is 20.1 Å². The Kier molecular flexibility index (Phi) is 6.18. The summed E-state index contributed by atoms with van der Waals surface area (Å²) in [5.41, 5.74) is 6.22. The van der Waals surface area contributed by atoms with Gasteiger partial charge in [-0.1, -0.05) is 78.9 Å².